The molecule has 11 heteroatoms. The lowest BCUT2D eigenvalue weighted by Crippen LogP contribution is -2.24. The number of anilines is 1. The highest BCUT2D eigenvalue weighted by molar-refractivity contribution is 7.89. The highest BCUT2D eigenvalue weighted by Gasteiger charge is 2.38. The number of carbonyl (C=O) groups excluding carboxylic acids is 1. The molecule has 7 nitrogen and oxygen atoms in total. The highest BCUT2D eigenvalue weighted by Crippen LogP contribution is 2.31. The van der Waals surface area contributed by atoms with Gasteiger partial charge in [-0.05, 0) is 36.8 Å². The van der Waals surface area contributed by atoms with Crippen LogP contribution in [0.15, 0.2) is 47.4 Å². The summed E-state index contributed by atoms with van der Waals surface area (Å²) in [5, 5.41) is 2.51. The lowest BCUT2D eigenvalue weighted by Gasteiger charge is -2.15. The maximum absolute atomic E-state index is 13.4. The standard InChI is InChI=1S/C19H19F3N4O3S/c1-12-8-9-13(30(28,29)25(2)3)10-15(12)23-17(27)11-26-16-7-5-4-6-14(16)24-18(26)19(20,21)22/h4-10H,11H2,1-3H3,(H,23,27). The van der Waals surface area contributed by atoms with Crippen molar-refractivity contribution in [3.05, 3.63) is 53.9 Å². The van der Waals surface area contributed by atoms with Gasteiger partial charge in [0.2, 0.25) is 21.8 Å². The minimum absolute atomic E-state index is 0.0440. The number of para-hydroxylation sites is 2. The number of hydrogen-bond donors (Lipinski definition) is 1. The first-order valence-electron chi connectivity index (χ1n) is 8.77. The van der Waals surface area contributed by atoms with Crippen molar-refractivity contribution < 1.29 is 26.4 Å². The van der Waals surface area contributed by atoms with Crippen LogP contribution in [0.25, 0.3) is 11.0 Å². The second-order valence-corrected chi connectivity index (χ2v) is 8.97. The summed E-state index contributed by atoms with van der Waals surface area (Å²) in [5.74, 6) is -1.93. The number of amides is 1. The molecule has 0 saturated carbocycles. The predicted octanol–water partition coefficient (Wildman–Crippen LogP) is 3.25. The number of alkyl halides is 3. The first-order valence-corrected chi connectivity index (χ1v) is 10.2. The largest absolute Gasteiger partial charge is 0.449 e. The lowest BCUT2D eigenvalue weighted by atomic mass is 10.2. The quantitative estimate of drug-likeness (QED) is 0.660. The molecule has 1 aromatic heterocycles. The Morgan fingerprint density at radius 2 is 1.83 bits per heavy atom. The summed E-state index contributed by atoms with van der Waals surface area (Å²) in [6.45, 7) is 1.01. The summed E-state index contributed by atoms with van der Waals surface area (Å²) in [6.07, 6.45) is -4.74. The number of nitrogens with one attached hydrogen (secondary N) is 1. The predicted molar refractivity (Wildman–Crippen MR) is 105 cm³/mol. The normalized spacial score (nSPS) is 12.5. The average Bonchev–Trinajstić information content (AvgIpc) is 3.02. The van der Waals surface area contributed by atoms with Crippen LogP contribution < -0.4 is 5.32 Å². The molecule has 0 radical (unpaired) electrons. The molecule has 30 heavy (non-hydrogen) atoms. The topological polar surface area (TPSA) is 84.3 Å². The minimum atomic E-state index is -4.74. The Balaban J connectivity index is 1.94. The van der Waals surface area contributed by atoms with Gasteiger partial charge in [0, 0.05) is 19.8 Å². The van der Waals surface area contributed by atoms with Crippen molar-refractivity contribution in [1.82, 2.24) is 13.9 Å². The van der Waals surface area contributed by atoms with E-state index in [0.29, 0.717) is 5.56 Å². The number of aromatic nitrogens is 2. The number of fused-ring (bicyclic) bond motifs is 1. The van der Waals surface area contributed by atoms with Crippen molar-refractivity contribution in [3.63, 3.8) is 0 Å². The molecule has 1 N–H and O–H groups in total. The summed E-state index contributed by atoms with van der Waals surface area (Å²) in [6, 6.07) is 10.2. The molecule has 0 spiro atoms. The Kier molecular flexibility index (Phi) is 5.61. The second kappa shape index (κ2) is 7.73. The summed E-state index contributed by atoms with van der Waals surface area (Å²) in [7, 11) is -0.996. The van der Waals surface area contributed by atoms with E-state index in [2.05, 4.69) is 10.3 Å². The first kappa shape index (κ1) is 21.8. The van der Waals surface area contributed by atoms with Crippen molar-refractivity contribution in [2.24, 2.45) is 0 Å². The van der Waals surface area contributed by atoms with E-state index in [1.807, 2.05) is 0 Å². The molecule has 0 bridgehead atoms. The number of imidazole rings is 1. The molecule has 0 aliphatic carbocycles. The Hall–Kier alpha value is -2.92. The fraction of sp³-hybridized carbons (Fsp3) is 0.263. The molecule has 0 unspecified atom stereocenters. The maximum atomic E-state index is 13.4. The molecule has 2 aromatic carbocycles. The Labute approximate surface area is 171 Å². The van der Waals surface area contributed by atoms with E-state index in [1.165, 1.54) is 44.4 Å². The van der Waals surface area contributed by atoms with E-state index in [9.17, 15) is 26.4 Å². The van der Waals surface area contributed by atoms with E-state index in [-0.39, 0.29) is 21.6 Å². The SMILES string of the molecule is Cc1ccc(S(=O)(=O)N(C)C)cc1NC(=O)Cn1c(C(F)(F)F)nc2ccccc21. The van der Waals surface area contributed by atoms with Gasteiger partial charge < -0.3 is 9.88 Å². The average molecular weight is 440 g/mol. The van der Waals surface area contributed by atoms with Crippen LogP contribution in [0.5, 0.6) is 0 Å². The van der Waals surface area contributed by atoms with Crippen LogP contribution in [0.2, 0.25) is 0 Å². The van der Waals surface area contributed by atoms with E-state index < -0.39 is 34.5 Å². The van der Waals surface area contributed by atoms with Gasteiger partial charge in [-0.25, -0.2) is 17.7 Å². The van der Waals surface area contributed by atoms with Gasteiger partial charge in [0.15, 0.2) is 0 Å². The van der Waals surface area contributed by atoms with Gasteiger partial charge in [0.1, 0.15) is 6.54 Å². The maximum Gasteiger partial charge on any atom is 0.449 e. The number of halogens is 3. The van der Waals surface area contributed by atoms with Gasteiger partial charge in [-0.3, -0.25) is 4.79 Å². The third kappa shape index (κ3) is 4.17. The number of benzene rings is 2. The van der Waals surface area contributed by atoms with Gasteiger partial charge >= 0.3 is 6.18 Å². The first-order chi connectivity index (χ1) is 13.9. The number of hydrogen-bond acceptors (Lipinski definition) is 4. The fourth-order valence-corrected chi connectivity index (χ4v) is 3.82. The summed E-state index contributed by atoms with van der Waals surface area (Å²) >= 11 is 0. The Morgan fingerprint density at radius 3 is 2.47 bits per heavy atom. The van der Waals surface area contributed by atoms with Crippen LogP contribution >= 0.6 is 0 Å². The molecule has 0 saturated heterocycles. The molecule has 0 aliphatic rings. The van der Waals surface area contributed by atoms with Crippen molar-refractivity contribution in [2.45, 2.75) is 24.5 Å². The zero-order valence-corrected chi connectivity index (χ0v) is 17.2. The van der Waals surface area contributed by atoms with Crippen LogP contribution in [0.1, 0.15) is 11.4 Å². The molecule has 3 aromatic rings. The number of carbonyl (C=O) groups is 1. The molecular weight excluding hydrogens is 421 g/mol. The van der Waals surface area contributed by atoms with E-state index in [4.69, 9.17) is 0 Å². The number of rotatable bonds is 5. The van der Waals surface area contributed by atoms with Crippen LogP contribution in [-0.2, 0) is 27.5 Å². The molecule has 1 heterocycles. The number of nitrogens with zero attached hydrogens (tertiary/aromatic N) is 3. The second-order valence-electron chi connectivity index (χ2n) is 6.82. The van der Waals surface area contributed by atoms with Crippen molar-refractivity contribution >= 4 is 32.7 Å². The zero-order chi connectivity index (χ0) is 22.3. The van der Waals surface area contributed by atoms with Crippen LogP contribution in [-0.4, -0.2) is 42.3 Å². The third-order valence-electron chi connectivity index (χ3n) is 4.47. The van der Waals surface area contributed by atoms with Crippen LogP contribution in [0.3, 0.4) is 0 Å². The minimum Gasteiger partial charge on any atom is -0.324 e. The molecule has 0 atom stereocenters. The van der Waals surface area contributed by atoms with Gasteiger partial charge in [-0.2, -0.15) is 13.2 Å². The molecule has 0 fully saturated rings. The molecular formula is C19H19F3N4O3S. The van der Waals surface area contributed by atoms with Gasteiger partial charge in [-0.15, -0.1) is 0 Å². The zero-order valence-electron chi connectivity index (χ0n) is 16.4. The molecule has 1 amide bonds. The summed E-state index contributed by atoms with van der Waals surface area (Å²) in [4.78, 5) is 16.1. The lowest BCUT2D eigenvalue weighted by molar-refractivity contribution is -0.147. The third-order valence-corrected chi connectivity index (χ3v) is 6.28. The molecule has 3 rings (SSSR count). The van der Waals surface area contributed by atoms with Crippen molar-refractivity contribution in [3.8, 4) is 0 Å². The van der Waals surface area contributed by atoms with E-state index in [0.717, 1.165) is 8.87 Å². The summed E-state index contributed by atoms with van der Waals surface area (Å²) in [5.41, 5.74) is 1.04. The highest BCUT2D eigenvalue weighted by atomic mass is 32.2. The van der Waals surface area contributed by atoms with Gasteiger partial charge in [0.25, 0.3) is 0 Å². The van der Waals surface area contributed by atoms with Crippen molar-refractivity contribution in [1.29, 1.82) is 0 Å². The monoisotopic (exact) mass is 440 g/mol. The van der Waals surface area contributed by atoms with Gasteiger partial charge in [0.05, 0.1) is 15.9 Å². The van der Waals surface area contributed by atoms with Crippen molar-refractivity contribution in [2.75, 3.05) is 19.4 Å². The number of aryl methyl sites for hydroxylation is 1. The van der Waals surface area contributed by atoms with E-state index >= 15 is 0 Å². The molecule has 0 aliphatic heterocycles. The smallest absolute Gasteiger partial charge is 0.324 e. The van der Waals surface area contributed by atoms with Crippen LogP contribution in [0.4, 0.5) is 18.9 Å². The fourth-order valence-electron chi connectivity index (χ4n) is 2.89. The number of sulfonamides is 1. The Bertz CT molecular complexity index is 1220. The Morgan fingerprint density at radius 1 is 1.17 bits per heavy atom. The molecule has 160 valence electrons. The van der Waals surface area contributed by atoms with Gasteiger partial charge in [-0.1, -0.05) is 18.2 Å². The summed E-state index contributed by atoms with van der Waals surface area (Å²) < 4.78 is 66.7. The van der Waals surface area contributed by atoms with E-state index in [1.54, 1.807) is 19.1 Å². The van der Waals surface area contributed by atoms with Crippen LogP contribution in [0, 0.1) is 6.92 Å².